The van der Waals surface area contributed by atoms with Crippen LogP contribution in [-0.4, -0.2) is 15.2 Å². The number of benzene rings is 1. The van der Waals surface area contributed by atoms with Gasteiger partial charge in [-0.3, -0.25) is 0 Å². The second-order valence-corrected chi connectivity index (χ2v) is 4.43. The number of fused-ring (bicyclic) bond motifs is 1. The second kappa shape index (κ2) is 3.84. The normalized spacial score (nSPS) is 11.0. The van der Waals surface area contributed by atoms with E-state index in [1.54, 1.807) is 0 Å². The van der Waals surface area contributed by atoms with Crippen LogP contribution in [0.1, 0.15) is 11.1 Å². The van der Waals surface area contributed by atoms with Crippen LogP contribution >= 0.6 is 0 Å². The van der Waals surface area contributed by atoms with Crippen molar-refractivity contribution in [1.29, 1.82) is 0 Å². The number of hydrogen-bond acceptors (Lipinski definition) is 3. The van der Waals surface area contributed by atoms with Crippen LogP contribution < -0.4 is 5.73 Å². The fourth-order valence-electron chi connectivity index (χ4n) is 2.15. The highest BCUT2D eigenvalue weighted by molar-refractivity contribution is 5.95. The van der Waals surface area contributed by atoms with Gasteiger partial charge in [0, 0.05) is 22.7 Å². The number of anilines is 1. The maximum atomic E-state index is 5.77. The van der Waals surface area contributed by atoms with Gasteiger partial charge >= 0.3 is 0 Å². The van der Waals surface area contributed by atoms with Crippen molar-refractivity contribution in [3.05, 3.63) is 41.6 Å². The third kappa shape index (κ3) is 1.46. The Hall–Kier alpha value is -2.36. The molecule has 3 rings (SSSR count). The van der Waals surface area contributed by atoms with E-state index in [9.17, 15) is 0 Å². The molecule has 0 spiro atoms. The summed E-state index contributed by atoms with van der Waals surface area (Å²) in [6, 6.07) is 8.15. The van der Waals surface area contributed by atoms with Gasteiger partial charge in [-0.25, -0.2) is 0 Å². The Labute approximate surface area is 105 Å². The van der Waals surface area contributed by atoms with Crippen LogP contribution in [0.5, 0.6) is 0 Å². The molecule has 2 heterocycles. The van der Waals surface area contributed by atoms with Crippen LogP contribution in [0.3, 0.4) is 0 Å². The minimum Gasteiger partial charge on any atom is -0.382 e. The van der Waals surface area contributed by atoms with Crippen molar-refractivity contribution >= 4 is 16.7 Å². The third-order valence-corrected chi connectivity index (χ3v) is 3.40. The zero-order chi connectivity index (χ0) is 12.7. The number of nitrogens with zero attached hydrogens (tertiary/aromatic N) is 2. The lowest BCUT2D eigenvalue weighted by atomic mass is 10.0. The van der Waals surface area contributed by atoms with Gasteiger partial charge in [-0.05, 0) is 31.0 Å². The summed E-state index contributed by atoms with van der Waals surface area (Å²) in [6.45, 7) is 4.00. The highest BCUT2D eigenvalue weighted by atomic mass is 15.1. The van der Waals surface area contributed by atoms with E-state index in [0.29, 0.717) is 5.82 Å². The van der Waals surface area contributed by atoms with Crippen LogP contribution in [0.4, 0.5) is 5.82 Å². The molecule has 0 unspecified atom stereocenters. The molecule has 90 valence electrons. The molecule has 0 saturated heterocycles. The summed E-state index contributed by atoms with van der Waals surface area (Å²) in [5, 5.41) is 9.40. The average molecular weight is 238 g/mol. The van der Waals surface area contributed by atoms with Gasteiger partial charge in [0.05, 0.1) is 5.69 Å². The number of aromatic nitrogens is 3. The summed E-state index contributed by atoms with van der Waals surface area (Å²) in [5.74, 6) is 0.496. The molecule has 0 fully saturated rings. The molecule has 2 aromatic heterocycles. The Morgan fingerprint density at radius 2 is 1.83 bits per heavy atom. The number of hydrogen-bond donors (Lipinski definition) is 2. The molecule has 3 N–H and O–H groups in total. The van der Waals surface area contributed by atoms with Crippen LogP contribution in [0.25, 0.3) is 22.2 Å². The second-order valence-electron chi connectivity index (χ2n) is 4.43. The summed E-state index contributed by atoms with van der Waals surface area (Å²) in [7, 11) is 0. The molecule has 4 nitrogen and oxygen atoms in total. The van der Waals surface area contributed by atoms with Gasteiger partial charge in [-0.2, -0.15) is 0 Å². The zero-order valence-electron chi connectivity index (χ0n) is 10.4. The summed E-state index contributed by atoms with van der Waals surface area (Å²) in [5.41, 5.74) is 10.9. The highest BCUT2D eigenvalue weighted by Crippen LogP contribution is 2.30. The smallest absolute Gasteiger partial charge is 0.149 e. The monoisotopic (exact) mass is 238 g/mol. The number of nitrogens with one attached hydrogen (secondary N) is 1. The molecule has 0 aliphatic rings. The van der Waals surface area contributed by atoms with Gasteiger partial charge in [0.1, 0.15) is 5.82 Å². The minimum absolute atomic E-state index is 0.496. The number of H-pyrrole nitrogens is 1. The maximum Gasteiger partial charge on any atom is 0.149 e. The van der Waals surface area contributed by atoms with E-state index in [-0.39, 0.29) is 0 Å². The lowest BCUT2D eigenvalue weighted by molar-refractivity contribution is 1.02. The fraction of sp³-hybridized carbons (Fsp3) is 0.143. The minimum atomic E-state index is 0.496. The molecule has 0 saturated carbocycles. The van der Waals surface area contributed by atoms with Gasteiger partial charge in [0.15, 0.2) is 0 Å². The van der Waals surface area contributed by atoms with E-state index >= 15 is 0 Å². The van der Waals surface area contributed by atoms with E-state index in [1.165, 1.54) is 0 Å². The molecule has 0 amide bonds. The summed E-state index contributed by atoms with van der Waals surface area (Å²) in [6.07, 6.45) is 1.97. The molecule has 0 atom stereocenters. The fourth-order valence-corrected chi connectivity index (χ4v) is 2.15. The number of aromatic amines is 1. The first-order valence-corrected chi connectivity index (χ1v) is 5.84. The topological polar surface area (TPSA) is 67.6 Å². The molecule has 0 radical (unpaired) electrons. The van der Waals surface area contributed by atoms with E-state index in [4.69, 9.17) is 5.73 Å². The Balaban J connectivity index is 2.30. The molecule has 0 aliphatic carbocycles. The number of rotatable bonds is 1. The Morgan fingerprint density at radius 1 is 1.06 bits per heavy atom. The molecular weight excluding hydrogens is 224 g/mol. The van der Waals surface area contributed by atoms with Gasteiger partial charge < -0.3 is 10.7 Å². The van der Waals surface area contributed by atoms with Gasteiger partial charge in [-0.1, -0.05) is 18.2 Å². The summed E-state index contributed by atoms with van der Waals surface area (Å²) < 4.78 is 0. The summed E-state index contributed by atoms with van der Waals surface area (Å²) >= 11 is 0. The van der Waals surface area contributed by atoms with Crippen LogP contribution in [0.15, 0.2) is 30.5 Å². The number of para-hydroxylation sites is 1. The first-order valence-electron chi connectivity index (χ1n) is 5.84. The molecule has 1 aromatic carbocycles. The van der Waals surface area contributed by atoms with E-state index in [0.717, 1.165) is 33.3 Å². The summed E-state index contributed by atoms with van der Waals surface area (Å²) in [4.78, 5) is 3.25. The van der Waals surface area contributed by atoms with Crippen LogP contribution in [-0.2, 0) is 0 Å². The first-order chi connectivity index (χ1) is 8.68. The lowest BCUT2D eigenvalue weighted by Crippen LogP contribution is -2.01. The van der Waals surface area contributed by atoms with Crippen molar-refractivity contribution < 1.29 is 0 Å². The predicted molar refractivity (Wildman–Crippen MR) is 73.2 cm³/mol. The van der Waals surface area contributed by atoms with Crippen molar-refractivity contribution in [3.8, 4) is 11.3 Å². The number of nitrogens with two attached hydrogens (primary N) is 1. The Morgan fingerprint density at radius 3 is 2.67 bits per heavy atom. The highest BCUT2D eigenvalue weighted by Gasteiger charge is 2.13. The standard InChI is InChI=1S/C14H14N4/c1-8-9(2)14(15)18-17-13(8)11-7-16-12-6-4-3-5-10(11)12/h3-7,16H,1-2H3,(H2,15,18). The SMILES string of the molecule is Cc1c(N)nnc(-c2c[nH]c3ccccc23)c1C. The molecule has 3 aromatic rings. The quantitative estimate of drug-likeness (QED) is 0.685. The average Bonchev–Trinajstić information content (AvgIpc) is 2.80. The molecule has 0 bridgehead atoms. The zero-order valence-corrected chi connectivity index (χ0v) is 10.4. The maximum absolute atomic E-state index is 5.77. The van der Waals surface area contributed by atoms with Crippen molar-refractivity contribution in [2.75, 3.05) is 5.73 Å². The Kier molecular flexibility index (Phi) is 2.30. The van der Waals surface area contributed by atoms with Gasteiger partial charge in [0.25, 0.3) is 0 Å². The van der Waals surface area contributed by atoms with Crippen molar-refractivity contribution in [1.82, 2.24) is 15.2 Å². The van der Waals surface area contributed by atoms with Crippen LogP contribution in [0, 0.1) is 13.8 Å². The van der Waals surface area contributed by atoms with Crippen molar-refractivity contribution in [3.63, 3.8) is 0 Å². The molecular formula is C14H14N4. The predicted octanol–water partition coefficient (Wildman–Crippen LogP) is 2.82. The van der Waals surface area contributed by atoms with E-state index < -0.39 is 0 Å². The lowest BCUT2D eigenvalue weighted by Gasteiger charge is -2.07. The first kappa shape index (κ1) is 10.8. The third-order valence-electron chi connectivity index (χ3n) is 3.40. The molecule has 0 aliphatic heterocycles. The van der Waals surface area contributed by atoms with Crippen molar-refractivity contribution in [2.24, 2.45) is 0 Å². The molecule has 18 heavy (non-hydrogen) atoms. The number of nitrogen functional groups attached to an aromatic ring is 1. The van der Waals surface area contributed by atoms with E-state index in [1.807, 2.05) is 38.2 Å². The van der Waals surface area contributed by atoms with Crippen LogP contribution in [0.2, 0.25) is 0 Å². The van der Waals surface area contributed by atoms with Gasteiger partial charge in [-0.15, -0.1) is 10.2 Å². The molecule has 4 heteroatoms. The largest absolute Gasteiger partial charge is 0.382 e. The van der Waals surface area contributed by atoms with E-state index in [2.05, 4.69) is 21.2 Å². The van der Waals surface area contributed by atoms with Crippen molar-refractivity contribution in [2.45, 2.75) is 13.8 Å². The van der Waals surface area contributed by atoms with Gasteiger partial charge in [0.2, 0.25) is 0 Å². The Bertz CT molecular complexity index is 728.